The molecule has 1 atom stereocenters. The molecule has 3 N–H and O–H groups in total. The molecule has 17 heavy (non-hydrogen) atoms. The molecule has 1 unspecified atom stereocenters. The quantitative estimate of drug-likeness (QED) is 0.464. The van der Waals surface area contributed by atoms with Crippen LogP contribution in [0.25, 0.3) is 0 Å². The van der Waals surface area contributed by atoms with E-state index < -0.39 is 4.92 Å². The van der Waals surface area contributed by atoms with Gasteiger partial charge in [-0.25, -0.2) is 0 Å². The fourth-order valence-corrected chi connectivity index (χ4v) is 2.19. The number of nitrogen functional groups attached to an aromatic ring is 1. The van der Waals surface area contributed by atoms with Crippen LogP contribution in [-0.2, 0) is 5.75 Å². The van der Waals surface area contributed by atoms with Gasteiger partial charge in [0.1, 0.15) is 5.69 Å². The van der Waals surface area contributed by atoms with E-state index in [9.17, 15) is 10.1 Å². The number of nitrogens with one attached hydrogen (secondary N) is 1. The van der Waals surface area contributed by atoms with Crippen LogP contribution in [-0.4, -0.2) is 10.2 Å². The zero-order valence-electron chi connectivity index (χ0n) is 9.97. The van der Waals surface area contributed by atoms with E-state index in [0.29, 0.717) is 10.9 Å². The number of hydrogen-bond donors (Lipinski definition) is 2. The van der Waals surface area contributed by atoms with Crippen molar-refractivity contribution in [2.45, 2.75) is 31.3 Å². The smallest absolute Gasteiger partial charge is 0.293 e. The SMILES string of the molecule is CCC(C)SCc1ccc(NN)c([N+](=O)[O-])c1. The molecule has 0 radical (unpaired) electrons. The third-order valence-corrected chi connectivity index (χ3v) is 3.93. The second-order valence-corrected chi connectivity index (χ2v) is 5.21. The van der Waals surface area contributed by atoms with Gasteiger partial charge in [-0.3, -0.25) is 16.0 Å². The number of nitrogens with two attached hydrogens (primary N) is 1. The highest BCUT2D eigenvalue weighted by Gasteiger charge is 2.13. The summed E-state index contributed by atoms with van der Waals surface area (Å²) in [6.45, 7) is 4.27. The van der Waals surface area contributed by atoms with Gasteiger partial charge < -0.3 is 5.43 Å². The predicted octanol–water partition coefficient (Wildman–Crippen LogP) is 2.91. The lowest BCUT2D eigenvalue weighted by Gasteiger charge is -2.09. The number of anilines is 1. The van der Waals surface area contributed by atoms with Gasteiger partial charge in [-0.15, -0.1) is 0 Å². The average Bonchev–Trinajstić information content (AvgIpc) is 2.35. The Balaban J connectivity index is 2.81. The lowest BCUT2D eigenvalue weighted by atomic mass is 10.2. The Kier molecular flexibility index (Phi) is 5.24. The molecule has 0 saturated carbocycles. The summed E-state index contributed by atoms with van der Waals surface area (Å²) in [6.07, 6.45) is 1.09. The van der Waals surface area contributed by atoms with E-state index >= 15 is 0 Å². The molecule has 0 spiro atoms. The topological polar surface area (TPSA) is 81.2 Å². The van der Waals surface area contributed by atoms with Crippen LogP contribution in [0.4, 0.5) is 11.4 Å². The van der Waals surface area contributed by atoms with Crippen LogP contribution in [0.2, 0.25) is 0 Å². The number of thioether (sulfide) groups is 1. The monoisotopic (exact) mass is 255 g/mol. The first-order valence-corrected chi connectivity index (χ1v) is 6.48. The Hall–Kier alpha value is -1.27. The van der Waals surface area contributed by atoms with Gasteiger partial charge in [-0.05, 0) is 18.1 Å². The summed E-state index contributed by atoms with van der Waals surface area (Å²) in [6, 6.07) is 5.08. The van der Waals surface area contributed by atoms with Crippen LogP contribution in [0.1, 0.15) is 25.8 Å². The summed E-state index contributed by atoms with van der Waals surface area (Å²) in [4.78, 5) is 10.4. The second kappa shape index (κ2) is 6.46. The first kappa shape index (κ1) is 13.8. The standard InChI is InChI=1S/C11H17N3O2S/c1-3-8(2)17-7-9-4-5-10(13-12)11(6-9)14(15)16/h4-6,8,13H,3,7,12H2,1-2H3. The first-order valence-electron chi connectivity index (χ1n) is 5.44. The molecular weight excluding hydrogens is 238 g/mol. The van der Waals surface area contributed by atoms with Gasteiger partial charge in [-0.1, -0.05) is 19.9 Å². The van der Waals surface area contributed by atoms with Gasteiger partial charge in [0.2, 0.25) is 0 Å². The van der Waals surface area contributed by atoms with E-state index in [1.807, 2.05) is 6.07 Å². The molecule has 0 aliphatic rings. The molecule has 0 bridgehead atoms. The van der Waals surface area contributed by atoms with Crippen LogP contribution in [0.15, 0.2) is 18.2 Å². The maximum Gasteiger partial charge on any atom is 0.293 e. The fraction of sp³-hybridized carbons (Fsp3) is 0.455. The molecule has 0 saturated heterocycles. The minimum atomic E-state index is -0.424. The third-order valence-electron chi connectivity index (χ3n) is 2.52. The van der Waals surface area contributed by atoms with Crippen molar-refractivity contribution < 1.29 is 4.92 Å². The van der Waals surface area contributed by atoms with Crippen molar-refractivity contribution in [3.8, 4) is 0 Å². The molecule has 0 aliphatic carbocycles. The van der Waals surface area contributed by atoms with Crippen LogP contribution in [0.3, 0.4) is 0 Å². The van der Waals surface area contributed by atoms with Gasteiger partial charge in [0, 0.05) is 17.1 Å². The van der Waals surface area contributed by atoms with E-state index in [1.165, 1.54) is 0 Å². The molecule has 0 aliphatic heterocycles. The summed E-state index contributed by atoms with van der Waals surface area (Å²) in [5.41, 5.74) is 3.64. The fourth-order valence-electron chi connectivity index (χ4n) is 1.30. The lowest BCUT2D eigenvalue weighted by molar-refractivity contribution is -0.384. The van der Waals surface area contributed by atoms with Gasteiger partial charge >= 0.3 is 0 Å². The van der Waals surface area contributed by atoms with Gasteiger partial charge in [0.05, 0.1) is 4.92 Å². The third kappa shape index (κ3) is 3.90. The maximum atomic E-state index is 10.8. The van der Waals surface area contributed by atoms with E-state index in [2.05, 4.69) is 19.3 Å². The number of nitro benzene ring substituents is 1. The molecule has 0 amide bonds. The van der Waals surface area contributed by atoms with Crippen molar-refractivity contribution >= 4 is 23.1 Å². The number of rotatable bonds is 6. The number of benzene rings is 1. The predicted molar refractivity (Wildman–Crippen MR) is 72.0 cm³/mol. The summed E-state index contributed by atoms with van der Waals surface area (Å²) < 4.78 is 0. The zero-order valence-corrected chi connectivity index (χ0v) is 10.8. The van der Waals surface area contributed by atoms with Crippen molar-refractivity contribution in [3.05, 3.63) is 33.9 Å². The lowest BCUT2D eigenvalue weighted by Crippen LogP contribution is -2.09. The Labute approximate surface area is 105 Å². The molecule has 1 aromatic carbocycles. The summed E-state index contributed by atoms with van der Waals surface area (Å²) in [7, 11) is 0. The molecule has 1 aromatic rings. The van der Waals surface area contributed by atoms with Crippen molar-refractivity contribution in [1.82, 2.24) is 0 Å². The summed E-state index contributed by atoms with van der Waals surface area (Å²) in [5, 5.41) is 11.4. The van der Waals surface area contributed by atoms with E-state index in [1.54, 1.807) is 23.9 Å². The van der Waals surface area contributed by atoms with E-state index in [-0.39, 0.29) is 5.69 Å². The molecule has 0 heterocycles. The summed E-state index contributed by atoms with van der Waals surface area (Å²) in [5.74, 6) is 6.00. The Morgan fingerprint density at radius 3 is 2.82 bits per heavy atom. The van der Waals surface area contributed by atoms with Crippen LogP contribution < -0.4 is 11.3 Å². The second-order valence-electron chi connectivity index (χ2n) is 3.78. The largest absolute Gasteiger partial charge is 0.318 e. The molecule has 0 fully saturated rings. The Morgan fingerprint density at radius 1 is 1.59 bits per heavy atom. The van der Waals surface area contributed by atoms with Crippen LogP contribution >= 0.6 is 11.8 Å². The molecule has 5 nitrogen and oxygen atoms in total. The Bertz CT molecular complexity index is 398. The molecule has 94 valence electrons. The highest BCUT2D eigenvalue weighted by Crippen LogP contribution is 2.27. The van der Waals surface area contributed by atoms with Crippen LogP contribution in [0, 0.1) is 10.1 Å². The van der Waals surface area contributed by atoms with Crippen molar-refractivity contribution in [2.75, 3.05) is 5.43 Å². The van der Waals surface area contributed by atoms with E-state index in [0.717, 1.165) is 17.7 Å². The number of nitrogens with zero attached hydrogens (tertiary/aromatic N) is 1. The first-order chi connectivity index (χ1) is 8.08. The minimum Gasteiger partial charge on any atom is -0.318 e. The Morgan fingerprint density at radius 2 is 2.29 bits per heavy atom. The average molecular weight is 255 g/mol. The van der Waals surface area contributed by atoms with Gasteiger partial charge in [-0.2, -0.15) is 11.8 Å². The molecule has 0 aromatic heterocycles. The maximum absolute atomic E-state index is 10.8. The molecule has 6 heteroatoms. The van der Waals surface area contributed by atoms with Crippen molar-refractivity contribution in [3.63, 3.8) is 0 Å². The number of hydrazine groups is 1. The van der Waals surface area contributed by atoms with Crippen molar-refractivity contribution in [2.24, 2.45) is 5.84 Å². The van der Waals surface area contributed by atoms with Crippen molar-refractivity contribution in [1.29, 1.82) is 0 Å². The zero-order chi connectivity index (χ0) is 12.8. The van der Waals surface area contributed by atoms with Crippen LogP contribution in [0.5, 0.6) is 0 Å². The van der Waals surface area contributed by atoms with Gasteiger partial charge in [0.15, 0.2) is 0 Å². The number of hydrogen-bond acceptors (Lipinski definition) is 5. The minimum absolute atomic E-state index is 0.0229. The molecule has 1 rings (SSSR count). The normalized spacial score (nSPS) is 12.2. The summed E-state index contributed by atoms with van der Waals surface area (Å²) >= 11 is 1.79. The molecular formula is C11H17N3O2S. The highest BCUT2D eigenvalue weighted by molar-refractivity contribution is 7.99. The number of nitro groups is 1. The highest BCUT2D eigenvalue weighted by atomic mass is 32.2. The van der Waals surface area contributed by atoms with E-state index in [4.69, 9.17) is 5.84 Å². The van der Waals surface area contributed by atoms with Gasteiger partial charge in [0.25, 0.3) is 5.69 Å².